The number of hydrogen-bond acceptors (Lipinski definition) is 10. The van der Waals surface area contributed by atoms with Crippen LogP contribution in [0.5, 0.6) is 0 Å². The van der Waals surface area contributed by atoms with Crippen LogP contribution in [0.2, 0.25) is 10.0 Å². The van der Waals surface area contributed by atoms with Crippen LogP contribution in [0.15, 0.2) is 48.5 Å². The molecule has 0 fully saturated rings. The number of carbonyl (C=O) groups is 4. The van der Waals surface area contributed by atoms with Crippen LogP contribution in [-0.4, -0.2) is 70.6 Å². The normalized spacial score (nSPS) is 16.6. The van der Waals surface area contributed by atoms with Gasteiger partial charge in [0.15, 0.2) is 11.4 Å². The Morgan fingerprint density at radius 3 is 1.54 bits per heavy atom. The molecule has 2 aliphatic rings. The first-order chi connectivity index (χ1) is 24.2. The van der Waals surface area contributed by atoms with Gasteiger partial charge >= 0.3 is 11.9 Å². The van der Waals surface area contributed by atoms with Crippen LogP contribution in [0.25, 0.3) is 11.1 Å². The summed E-state index contributed by atoms with van der Waals surface area (Å²) in [5, 5.41) is 21.5. The van der Waals surface area contributed by atoms with Gasteiger partial charge in [-0.25, -0.2) is 0 Å². The van der Waals surface area contributed by atoms with Gasteiger partial charge in [0.1, 0.15) is 0 Å². The van der Waals surface area contributed by atoms with E-state index >= 15 is 0 Å². The lowest BCUT2D eigenvalue weighted by molar-refractivity contribution is -0.140. The number of esters is 2. The largest absolute Gasteiger partial charge is 0.468 e. The van der Waals surface area contributed by atoms with Crippen molar-refractivity contribution < 1.29 is 28.7 Å². The molecule has 4 heterocycles. The third kappa shape index (κ3) is 7.53. The van der Waals surface area contributed by atoms with Crippen LogP contribution < -0.4 is 21.3 Å². The van der Waals surface area contributed by atoms with Crippen molar-refractivity contribution in [1.29, 1.82) is 0 Å². The van der Waals surface area contributed by atoms with Gasteiger partial charge in [-0.15, -0.1) is 0 Å². The average molecular weight is 724 g/mol. The number of benzene rings is 2. The minimum absolute atomic E-state index is 0.0485. The molecule has 4 aromatic rings. The second-order valence-corrected chi connectivity index (χ2v) is 12.7. The Morgan fingerprint density at radius 1 is 0.720 bits per heavy atom. The van der Waals surface area contributed by atoms with Crippen molar-refractivity contribution in [2.24, 2.45) is 0 Å². The highest BCUT2D eigenvalue weighted by Crippen LogP contribution is 2.40. The zero-order valence-electron chi connectivity index (χ0n) is 27.4. The number of amides is 2. The predicted molar refractivity (Wildman–Crippen MR) is 186 cm³/mol. The van der Waals surface area contributed by atoms with E-state index in [1.165, 1.54) is 14.2 Å². The van der Waals surface area contributed by atoms with Gasteiger partial charge < -0.3 is 20.1 Å². The van der Waals surface area contributed by atoms with Gasteiger partial charge in [-0.05, 0) is 49.9 Å². The quantitative estimate of drug-likeness (QED) is 0.158. The molecule has 2 unspecified atom stereocenters. The lowest BCUT2D eigenvalue weighted by Crippen LogP contribution is -2.32. The molecule has 16 heteroatoms. The average Bonchev–Trinajstić information content (AvgIpc) is 3.77. The van der Waals surface area contributed by atoms with Crippen molar-refractivity contribution in [3.63, 3.8) is 0 Å². The van der Waals surface area contributed by atoms with Crippen LogP contribution in [-0.2, 0) is 32.2 Å². The summed E-state index contributed by atoms with van der Waals surface area (Å²) in [5.74, 6) is -1.65. The highest BCUT2D eigenvalue weighted by Gasteiger charge is 2.27. The SMILES string of the molecule is COC(=O)CNC1CCCn2nc(C(=O)Nc3cccc(-c4cccc(NC(=O)c5cc6n(n5)CCCC6NCC(=O)OC)c4Cl)c3Cl)cc21. The molecule has 262 valence electrons. The molecule has 0 bridgehead atoms. The summed E-state index contributed by atoms with van der Waals surface area (Å²) < 4.78 is 13.0. The van der Waals surface area contributed by atoms with E-state index in [2.05, 4.69) is 31.5 Å². The van der Waals surface area contributed by atoms with E-state index in [1.54, 1.807) is 57.9 Å². The minimum Gasteiger partial charge on any atom is -0.468 e. The van der Waals surface area contributed by atoms with Crippen molar-refractivity contribution in [2.75, 3.05) is 37.9 Å². The molecule has 2 aliphatic heterocycles. The molecule has 6 rings (SSSR count). The number of hydrogen-bond donors (Lipinski definition) is 4. The van der Waals surface area contributed by atoms with E-state index < -0.39 is 11.8 Å². The van der Waals surface area contributed by atoms with E-state index in [0.717, 1.165) is 37.1 Å². The van der Waals surface area contributed by atoms with Gasteiger partial charge in [0, 0.05) is 36.3 Å². The highest BCUT2D eigenvalue weighted by molar-refractivity contribution is 6.40. The lowest BCUT2D eigenvalue weighted by atomic mass is 10.0. The van der Waals surface area contributed by atoms with Crippen LogP contribution in [0.1, 0.15) is 70.1 Å². The second-order valence-electron chi connectivity index (χ2n) is 11.9. The molecule has 50 heavy (non-hydrogen) atoms. The molecule has 14 nitrogen and oxygen atoms in total. The number of aryl methyl sites for hydroxylation is 2. The lowest BCUT2D eigenvalue weighted by Gasteiger charge is -2.24. The summed E-state index contributed by atoms with van der Waals surface area (Å²) in [6, 6.07) is 13.5. The maximum atomic E-state index is 13.4. The first-order valence-corrected chi connectivity index (χ1v) is 16.9. The van der Waals surface area contributed by atoms with Crippen molar-refractivity contribution in [2.45, 2.75) is 50.9 Å². The van der Waals surface area contributed by atoms with E-state index in [-0.39, 0.29) is 58.5 Å². The summed E-state index contributed by atoms with van der Waals surface area (Å²) in [6.45, 7) is 1.40. The summed E-state index contributed by atoms with van der Waals surface area (Å²) in [7, 11) is 2.67. The van der Waals surface area contributed by atoms with Crippen LogP contribution in [0.4, 0.5) is 11.4 Å². The number of methoxy groups -OCH3 is 2. The molecule has 2 aromatic carbocycles. The van der Waals surface area contributed by atoms with E-state index in [1.807, 2.05) is 0 Å². The van der Waals surface area contributed by atoms with Crippen molar-refractivity contribution >= 4 is 58.3 Å². The molecular weight excluding hydrogens is 687 g/mol. The van der Waals surface area contributed by atoms with E-state index in [4.69, 9.17) is 32.7 Å². The van der Waals surface area contributed by atoms with Crippen molar-refractivity contribution in [1.82, 2.24) is 30.2 Å². The zero-order valence-corrected chi connectivity index (χ0v) is 28.9. The van der Waals surface area contributed by atoms with Gasteiger partial charge in [-0.3, -0.25) is 39.2 Å². The minimum atomic E-state index is -0.449. The Bertz CT molecular complexity index is 1800. The van der Waals surface area contributed by atoms with Gasteiger partial charge in [0.25, 0.3) is 11.8 Å². The van der Waals surface area contributed by atoms with Gasteiger partial charge in [-0.1, -0.05) is 47.5 Å². The number of aromatic nitrogens is 4. The number of carbonyl (C=O) groups excluding carboxylic acids is 4. The Kier molecular flexibility index (Phi) is 10.8. The molecule has 2 atom stereocenters. The first kappa shape index (κ1) is 35.1. The monoisotopic (exact) mass is 722 g/mol. The number of nitrogens with zero attached hydrogens (tertiary/aromatic N) is 4. The van der Waals surface area contributed by atoms with Crippen molar-refractivity contribution in [3.05, 3.63) is 81.4 Å². The summed E-state index contributed by atoms with van der Waals surface area (Å²) in [5.41, 5.74) is 3.82. The standard InChI is InChI=1S/C34H36Cl2N8O6/c1-49-29(45)17-37-21-11-5-13-43-27(21)15-25(41-43)33(47)39-23-9-3-7-19(31(23)35)20-8-4-10-24(32(20)36)40-34(48)26-16-28-22(38-18-30(46)50-2)12-6-14-44(28)42-26/h3-4,7-10,15-16,21-22,37-38H,5-6,11-14,17-18H2,1-2H3,(H,39,47)(H,40,48). The Morgan fingerprint density at radius 2 is 1.14 bits per heavy atom. The number of fused-ring (bicyclic) bond motifs is 2. The predicted octanol–water partition coefficient (Wildman–Crippen LogP) is 4.75. The fourth-order valence-electron chi connectivity index (χ4n) is 6.21. The number of rotatable bonds is 11. The molecule has 0 radical (unpaired) electrons. The Labute approximate surface area is 297 Å². The van der Waals surface area contributed by atoms with Gasteiger partial charge in [0.05, 0.1) is 60.1 Å². The molecule has 0 spiro atoms. The van der Waals surface area contributed by atoms with Gasteiger partial charge in [-0.2, -0.15) is 10.2 Å². The highest BCUT2D eigenvalue weighted by atomic mass is 35.5. The summed E-state index contributed by atoms with van der Waals surface area (Å²) in [4.78, 5) is 50.0. The van der Waals surface area contributed by atoms with E-state index in [9.17, 15) is 19.2 Å². The number of nitrogens with one attached hydrogen (secondary N) is 4. The van der Waals surface area contributed by atoms with Crippen LogP contribution >= 0.6 is 23.2 Å². The Balaban J connectivity index is 1.17. The fourth-order valence-corrected chi connectivity index (χ4v) is 6.76. The fraction of sp³-hybridized carbons (Fsp3) is 0.353. The third-order valence-electron chi connectivity index (χ3n) is 8.75. The topological polar surface area (TPSA) is 170 Å². The zero-order chi connectivity index (χ0) is 35.4. The maximum absolute atomic E-state index is 13.4. The second kappa shape index (κ2) is 15.4. The maximum Gasteiger partial charge on any atom is 0.319 e. The van der Waals surface area contributed by atoms with Crippen LogP contribution in [0.3, 0.4) is 0 Å². The molecule has 2 aromatic heterocycles. The van der Waals surface area contributed by atoms with Crippen LogP contribution in [0, 0.1) is 0 Å². The van der Waals surface area contributed by atoms with E-state index in [0.29, 0.717) is 35.6 Å². The smallest absolute Gasteiger partial charge is 0.319 e. The third-order valence-corrected chi connectivity index (χ3v) is 9.57. The molecule has 4 N–H and O–H groups in total. The number of halogens is 2. The van der Waals surface area contributed by atoms with Crippen molar-refractivity contribution in [3.8, 4) is 11.1 Å². The summed E-state index contributed by atoms with van der Waals surface area (Å²) in [6.07, 6.45) is 3.25. The molecule has 0 saturated heterocycles. The molecule has 2 amide bonds. The molecular formula is C34H36Cl2N8O6. The molecule has 0 aliphatic carbocycles. The summed E-state index contributed by atoms with van der Waals surface area (Å²) >= 11 is 13.7. The number of ether oxygens (including phenoxy) is 2. The van der Waals surface area contributed by atoms with Gasteiger partial charge in [0.2, 0.25) is 0 Å². The first-order valence-electron chi connectivity index (χ1n) is 16.1. The Hall–Kier alpha value is -4.76. The number of anilines is 2. The molecule has 0 saturated carbocycles.